The molecule has 0 spiro atoms. The van der Waals surface area contributed by atoms with Crippen LogP contribution in [0.5, 0.6) is 5.75 Å². The third-order valence-corrected chi connectivity index (χ3v) is 4.96. The van der Waals surface area contributed by atoms with Gasteiger partial charge in [0.2, 0.25) is 10.0 Å². The smallest absolute Gasteiger partial charge is 0.404 e. The van der Waals surface area contributed by atoms with Crippen molar-refractivity contribution >= 4 is 10.0 Å². The molecule has 1 aliphatic heterocycles. The van der Waals surface area contributed by atoms with Crippen molar-refractivity contribution in [1.29, 1.82) is 0 Å². The number of nitrogens with one attached hydrogen (secondary N) is 1. The molecular weight excluding hydrogens is 309 g/mol. The number of hydrogen-bond acceptors (Lipinski definition) is 4. The summed E-state index contributed by atoms with van der Waals surface area (Å²) in [5.74, 6) is -0.693. The molecule has 9 heteroatoms. The first kappa shape index (κ1) is 16.1. The lowest BCUT2D eigenvalue weighted by Gasteiger charge is -2.27. The molecule has 0 aliphatic carbocycles. The minimum Gasteiger partial charge on any atom is -0.404 e. The maximum atomic E-state index is 12.5. The molecule has 0 unspecified atom stereocenters. The number of piperazine rings is 1. The summed E-state index contributed by atoms with van der Waals surface area (Å²) in [5, 5.41) is 2.98. The van der Waals surface area contributed by atoms with Crippen molar-refractivity contribution in [3.8, 4) is 5.75 Å². The van der Waals surface area contributed by atoms with Crippen LogP contribution in [0.3, 0.4) is 0 Å². The highest BCUT2D eigenvalue weighted by atomic mass is 32.2. The molecule has 0 bridgehead atoms. The molecule has 1 N–H and O–H groups in total. The average Bonchev–Trinajstić information content (AvgIpc) is 2.37. The second-order valence-electron chi connectivity index (χ2n) is 4.65. The predicted octanol–water partition coefficient (Wildman–Crippen LogP) is 1.49. The van der Waals surface area contributed by atoms with Crippen molar-refractivity contribution in [3.05, 3.63) is 23.8 Å². The van der Waals surface area contributed by atoms with Crippen LogP contribution in [0.15, 0.2) is 23.1 Å². The Balaban J connectivity index is 2.42. The highest BCUT2D eigenvalue weighted by molar-refractivity contribution is 7.89. The van der Waals surface area contributed by atoms with E-state index in [4.69, 9.17) is 0 Å². The molecule has 1 fully saturated rings. The van der Waals surface area contributed by atoms with Crippen LogP contribution in [0.25, 0.3) is 0 Å². The van der Waals surface area contributed by atoms with Gasteiger partial charge in [-0.25, -0.2) is 8.42 Å². The molecule has 0 saturated carbocycles. The highest BCUT2D eigenvalue weighted by Crippen LogP contribution is 2.32. The minimum absolute atomic E-state index is 0.210. The number of ether oxygens (including phenoxy) is 1. The lowest BCUT2D eigenvalue weighted by molar-refractivity contribution is -0.275. The summed E-state index contributed by atoms with van der Waals surface area (Å²) < 4.78 is 67.3. The number of hydrogen-bond donors (Lipinski definition) is 1. The first-order valence-corrected chi connectivity index (χ1v) is 7.71. The molecule has 1 aromatic rings. The average molecular weight is 324 g/mol. The van der Waals surface area contributed by atoms with Crippen molar-refractivity contribution in [3.63, 3.8) is 0 Å². The quantitative estimate of drug-likeness (QED) is 0.915. The number of benzene rings is 1. The molecule has 5 nitrogen and oxygen atoms in total. The van der Waals surface area contributed by atoms with E-state index in [9.17, 15) is 21.6 Å². The largest absolute Gasteiger partial charge is 0.573 e. The normalized spacial score (nSPS) is 17.7. The number of alkyl halides is 3. The Morgan fingerprint density at radius 3 is 2.43 bits per heavy atom. The van der Waals surface area contributed by atoms with Gasteiger partial charge in [0.15, 0.2) is 0 Å². The molecule has 2 rings (SSSR count). The van der Waals surface area contributed by atoms with Gasteiger partial charge in [0.05, 0.1) is 0 Å². The maximum absolute atomic E-state index is 12.5. The molecule has 0 amide bonds. The van der Waals surface area contributed by atoms with Crippen molar-refractivity contribution in [1.82, 2.24) is 9.62 Å². The summed E-state index contributed by atoms with van der Waals surface area (Å²) in [5.41, 5.74) is 0.480. The van der Waals surface area contributed by atoms with Gasteiger partial charge in [-0.3, -0.25) is 0 Å². The fraction of sp³-hybridized carbons (Fsp3) is 0.500. The van der Waals surface area contributed by atoms with Gasteiger partial charge < -0.3 is 10.1 Å². The van der Waals surface area contributed by atoms with E-state index in [1.54, 1.807) is 6.92 Å². The SMILES string of the molecule is Cc1ccc(S(=O)(=O)N2CCNCC2)c(OC(F)(F)F)c1. The van der Waals surface area contributed by atoms with Crippen molar-refractivity contribution in [2.24, 2.45) is 0 Å². The molecule has 1 aliphatic rings. The lowest BCUT2D eigenvalue weighted by atomic mass is 10.2. The minimum atomic E-state index is -4.94. The third-order valence-electron chi connectivity index (χ3n) is 3.02. The third kappa shape index (κ3) is 3.86. The molecule has 118 valence electrons. The van der Waals surface area contributed by atoms with Gasteiger partial charge in [0.1, 0.15) is 10.6 Å². The Morgan fingerprint density at radius 2 is 1.86 bits per heavy atom. The molecular formula is C12H15F3N2O3S. The van der Waals surface area contributed by atoms with Gasteiger partial charge >= 0.3 is 6.36 Å². The summed E-state index contributed by atoms with van der Waals surface area (Å²) in [6.45, 7) is 2.90. The first-order valence-electron chi connectivity index (χ1n) is 6.27. The summed E-state index contributed by atoms with van der Waals surface area (Å²) in [4.78, 5) is -0.465. The molecule has 0 aromatic heterocycles. The molecule has 21 heavy (non-hydrogen) atoms. The Bertz CT molecular complexity index is 611. The van der Waals surface area contributed by atoms with E-state index < -0.39 is 27.0 Å². The Hall–Kier alpha value is -1.32. The monoisotopic (exact) mass is 324 g/mol. The molecule has 1 heterocycles. The number of halogens is 3. The van der Waals surface area contributed by atoms with Crippen LogP contribution in [-0.4, -0.2) is 45.3 Å². The van der Waals surface area contributed by atoms with E-state index in [0.29, 0.717) is 18.7 Å². The van der Waals surface area contributed by atoms with Crippen LogP contribution in [0, 0.1) is 6.92 Å². The van der Waals surface area contributed by atoms with Crippen LogP contribution in [0.2, 0.25) is 0 Å². The fourth-order valence-electron chi connectivity index (χ4n) is 2.06. The van der Waals surface area contributed by atoms with Crippen LogP contribution >= 0.6 is 0 Å². The summed E-state index contributed by atoms with van der Waals surface area (Å²) in [6, 6.07) is 3.66. The summed E-state index contributed by atoms with van der Waals surface area (Å²) in [7, 11) is -4.01. The number of sulfonamides is 1. The maximum Gasteiger partial charge on any atom is 0.573 e. The first-order chi connectivity index (χ1) is 9.70. The number of aryl methyl sites for hydroxylation is 1. The Morgan fingerprint density at radius 1 is 1.24 bits per heavy atom. The summed E-state index contributed by atoms with van der Waals surface area (Å²) in [6.07, 6.45) is -4.94. The molecule has 1 saturated heterocycles. The molecule has 1 aromatic carbocycles. The van der Waals surface area contributed by atoms with Crippen LogP contribution in [-0.2, 0) is 10.0 Å². The van der Waals surface area contributed by atoms with Gasteiger partial charge in [0, 0.05) is 26.2 Å². The van der Waals surface area contributed by atoms with Crippen LogP contribution < -0.4 is 10.1 Å². The van der Waals surface area contributed by atoms with E-state index in [1.807, 2.05) is 0 Å². The van der Waals surface area contributed by atoms with E-state index in [-0.39, 0.29) is 13.1 Å². The van der Waals surface area contributed by atoms with Crippen LogP contribution in [0.1, 0.15) is 5.56 Å². The zero-order chi connectivity index (χ0) is 15.7. The topological polar surface area (TPSA) is 58.6 Å². The number of rotatable bonds is 3. The van der Waals surface area contributed by atoms with Gasteiger partial charge in [-0.05, 0) is 24.6 Å². The second kappa shape index (κ2) is 5.82. The molecule has 0 atom stereocenters. The second-order valence-corrected chi connectivity index (χ2v) is 6.56. The van der Waals surface area contributed by atoms with E-state index in [2.05, 4.69) is 10.1 Å². The van der Waals surface area contributed by atoms with Crippen LogP contribution in [0.4, 0.5) is 13.2 Å². The standard InChI is InChI=1S/C12H15F3N2O3S/c1-9-2-3-11(10(8-9)20-12(13,14)15)21(18,19)17-6-4-16-5-7-17/h2-3,8,16H,4-7H2,1H3. The Kier molecular flexibility index (Phi) is 4.45. The van der Waals surface area contributed by atoms with Crippen molar-refractivity contribution in [2.45, 2.75) is 18.2 Å². The highest BCUT2D eigenvalue weighted by Gasteiger charge is 2.36. The van der Waals surface area contributed by atoms with Gasteiger partial charge in [-0.2, -0.15) is 4.31 Å². The lowest BCUT2D eigenvalue weighted by Crippen LogP contribution is -2.46. The van der Waals surface area contributed by atoms with Crippen molar-refractivity contribution in [2.75, 3.05) is 26.2 Å². The van der Waals surface area contributed by atoms with Gasteiger partial charge in [0.25, 0.3) is 0 Å². The predicted molar refractivity (Wildman–Crippen MR) is 69.5 cm³/mol. The van der Waals surface area contributed by atoms with E-state index in [0.717, 1.165) is 16.4 Å². The van der Waals surface area contributed by atoms with Gasteiger partial charge in [-0.1, -0.05) is 6.07 Å². The zero-order valence-corrected chi connectivity index (χ0v) is 12.1. The fourth-order valence-corrected chi connectivity index (χ4v) is 3.59. The van der Waals surface area contributed by atoms with Crippen molar-refractivity contribution < 1.29 is 26.3 Å². The van der Waals surface area contributed by atoms with E-state index in [1.165, 1.54) is 6.07 Å². The Labute approximate surface area is 120 Å². The zero-order valence-electron chi connectivity index (χ0n) is 11.3. The van der Waals surface area contributed by atoms with Gasteiger partial charge in [-0.15, -0.1) is 13.2 Å². The number of nitrogens with zero attached hydrogens (tertiary/aromatic N) is 1. The van der Waals surface area contributed by atoms with E-state index >= 15 is 0 Å². The summed E-state index contributed by atoms with van der Waals surface area (Å²) >= 11 is 0. The molecule has 0 radical (unpaired) electrons.